The van der Waals surface area contributed by atoms with E-state index in [4.69, 9.17) is 19.9 Å². The van der Waals surface area contributed by atoms with Crippen molar-refractivity contribution in [1.29, 1.82) is 0 Å². The summed E-state index contributed by atoms with van der Waals surface area (Å²) >= 11 is 0. The molecule has 0 bridgehead atoms. The molecule has 0 aromatic carbocycles. The monoisotopic (exact) mass is 347 g/mol. The quantitative estimate of drug-likeness (QED) is 0.262. The van der Waals surface area contributed by atoms with Crippen LogP contribution < -0.4 is 11.1 Å². The molecule has 0 fully saturated rings. The normalized spacial score (nSPS) is 11.0. The summed E-state index contributed by atoms with van der Waals surface area (Å²) in [6, 6.07) is 0. The fraction of sp³-hybridized carbons (Fsp3) is 0.889. The molecule has 7 heteroatoms. The maximum atomic E-state index is 5.56. The Morgan fingerprint density at radius 1 is 1.12 bits per heavy atom. The van der Waals surface area contributed by atoms with Crippen molar-refractivity contribution in [1.82, 2.24) is 5.32 Å². The van der Waals surface area contributed by atoms with Crippen LogP contribution in [0.25, 0.3) is 0 Å². The molecule has 0 atom stereocenters. The molecule has 0 aromatic heterocycles. The lowest BCUT2D eigenvalue weighted by molar-refractivity contribution is 0.0748. The van der Waals surface area contributed by atoms with Gasteiger partial charge in [0, 0.05) is 20.8 Å². The maximum absolute atomic E-state index is 5.56. The van der Waals surface area contributed by atoms with Crippen LogP contribution in [0.3, 0.4) is 0 Å². The lowest BCUT2D eigenvalue weighted by Crippen LogP contribution is -2.34. The Morgan fingerprint density at radius 2 is 1.81 bits per heavy atom. The second-order valence-corrected chi connectivity index (χ2v) is 2.79. The molecule has 0 spiro atoms. The zero-order valence-corrected chi connectivity index (χ0v) is 12.2. The van der Waals surface area contributed by atoms with Crippen LogP contribution in [0.4, 0.5) is 0 Å². The Hall–Kier alpha value is -0.120. The summed E-state index contributed by atoms with van der Waals surface area (Å²) < 4.78 is 14.9. The number of hydrogen-bond acceptors (Lipinski definition) is 4. The summed E-state index contributed by atoms with van der Waals surface area (Å²) in [4.78, 5) is 4.06. The van der Waals surface area contributed by atoms with E-state index in [9.17, 15) is 0 Å². The highest BCUT2D eigenvalue weighted by Gasteiger charge is 1.90. The molecule has 0 aliphatic heterocycles. The Bertz CT molecular complexity index is 170. The third-order valence-electron chi connectivity index (χ3n) is 1.56. The van der Waals surface area contributed by atoms with Crippen LogP contribution in [-0.4, -0.2) is 59.7 Å². The van der Waals surface area contributed by atoms with Gasteiger partial charge < -0.3 is 25.3 Å². The first-order chi connectivity index (χ1) is 7.31. The minimum Gasteiger partial charge on any atom is -0.383 e. The summed E-state index contributed by atoms with van der Waals surface area (Å²) in [6.45, 7) is 3.57. The number of ether oxygens (including phenoxy) is 3. The van der Waals surface area contributed by atoms with Gasteiger partial charge in [0.15, 0.2) is 5.96 Å². The van der Waals surface area contributed by atoms with Gasteiger partial charge in [-0.05, 0) is 0 Å². The molecule has 0 saturated heterocycles. The number of halogens is 1. The average molecular weight is 347 g/mol. The van der Waals surface area contributed by atoms with E-state index in [1.165, 1.54) is 0 Å². The van der Waals surface area contributed by atoms with E-state index < -0.39 is 0 Å². The van der Waals surface area contributed by atoms with Crippen LogP contribution in [0.5, 0.6) is 0 Å². The summed E-state index contributed by atoms with van der Waals surface area (Å²) in [6.07, 6.45) is 0. The summed E-state index contributed by atoms with van der Waals surface area (Å²) in [5.74, 6) is 0.419. The first-order valence-corrected chi connectivity index (χ1v) is 4.90. The SMILES string of the molecule is COCCNC(N)=NCCOCCOC.I. The number of guanidine groups is 1. The third kappa shape index (κ3) is 13.9. The molecule has 0 amide bonds. The Kier molecular flexibility index (Phi) is 17.0. The summed E-state index contributed by atoms with van der Waals surface area (Å²) in [5.41, 5.74) is 5.56. The van der Waals surface area contributed by atoms with E-state index in [-0.39, 0.29) is 24.0 Å². The molecule has 0 unspecified atom stereocenters. The van der Waals surface area contributed by atoms with Crippen LogP contribution in [0.1, 0.15) is 0 Å². The van der Waals surface area contributed by atoms with E-state index in [0.29, 0.717) is 45.5 Å². The van der Waals surface area contributed by atoms with Gasteiger partial charge in [-0.15, -0.1) is 24.0 Å². The summed E-state index contributed by atoms with van der Waals surface area (Å²) in [5, 5.41) is 2.91. The largest absolute Gasteiger partial charge is 0.383 e. The smallest absolute Gasteiger partial charge is 0.188 e. The highest BCUT2D eigenvalue weighted by Crippen LogP contribution is 1.78. The molecule has 6 nitrogen and oxygen atoms in total. The second-order valence-electron chi connectivity index (χ2n) is 2.79. The standard InChI is InChI=1S/C9H21N3O3.HI/c1-13-5-3-11-9(10)12-4-6-15-8-7-14-2;/h3-8H2,1-2H3,(H3,10,11,12);1H. The first-order valence-electron chi connectivity index (χ1n) is 4.90. The van der Waals surface area contributed by atoms with Crippen molar-refractivity contribution in [3.05, 3.63) is 0 Å². The first kappa shape index (κ1) is 18.3. The van der Waals surface area contributed by atoms with Gasteiger partial charge in [-0.25, -0.2) is 0 Å². The van der Waals surface area contributed by atoms with Crippen molar-refractivity contribution in [2.24, 2.45) is 10.7 Å². The lowest BCUT2D eigenvalue weighted by atomic mass is 10.6. The Balaban J connectivity index is 0. The minimum atomic E-state index is 0. The van der Waals surface area contributed by atoms with Crippen molar-refractivity contribution in [2.45, 2.75) is 0 Å². The van der Waals surface area contributed by atoms with Crippen molar-refractivity contribution >= 4 is 29.9 Å². The lowest BCUT2D eigenvalue weighted by Gasteiger charge is -2.04. The van der Waals surface area contributed by atoms with E-state index >= 15 is 0 Å². The van der Waals surface area contributed by atoms with Gasteiger partial charge in [0.1, 0.15) is 0 Å². The number of methoxy groups -OCH3 is 2. The minimum absolute atomic E-state index is 0. The van der Waals surface area contributed by atoms with E-state index in [2.05, 4.69) is 10.3 Å². The fourth-order valence-corrected chi connectivity index (χ4v) is 0.812. The van der Waals surface area contributed by atoms with Gasteiger partial charge in [0.05, 0.1) is 33.0 Å². The highest BCUT2D eigenvalue weighted by atomic mass is 127. The van der Waals surface area contributed by atoms with Gasteiger partial charge in [-0.1, -0.05) is 0 Å². The van der Waals surface area contributed by atoms with Gasteiger partial charge in [0.25, 0.3) is 0 Å². The molecule has 0 aliphatic rings. The Labute approximate surface area is 114 Å². The number of nitrogens with two attached hydrogens (primary N) is 1. The Morgan fingerprint density at radius 3 is 2.44 bits per heavy atom. The van der Waals surface area contributed by atoms with Crippen LogP contribution in [0.15, 0.2) is 4.99 Å². The molecule has 0 rings (SSSR count). The average Bonchev–Trinajstić information content (AvgIpc) is 2.23. The van der Waals surface area contributed by atoms with Crippen LogP contribution in [0.2, 0.25) is 0 Å². The molecule has 0 aliphatic carbocycles. The van der Waals surface area contributed by atoms with Crippen LogP contribution in [0, 0.1) is 0 Å². The number of rotatable bonds is 9. The van der Waals surface area contributed by atoms with Crippen LogP contribution in [-0.2, 0) is 14.2 Å². The predicted molar refractivity (Wildman–Crippen MR) is 74.5 cm³/mol. The number of nitrogens with zero attached hydrogens (tertiary/aromatic N) is 1. The van der Waals surface area contributed by atoms with Crippen LogP contribution >= 0.6 is 24.0 Å². The fourth-order valence-electron chi connectivity index (χ4n) is 0.812. The second kappa shape index (κ2) is 14.9. The van der Waals surface area contributed by atoms with E-state index in [1.807, 2.05) is 0 Å². The molecule has 0 radical (unpaired) electrons. The van der Waals surface area contributed by atoms with E-state index in [1.54, 1.807) is 14.2 Å². The molecule has 3 N–H and O–H groups in total. The third-order valence-corrected chi connectivity index (χ3v) is 1.56. The number of hydrogen-bond donors (Lipinski definition) is 2. The summed E-state index contributed by atoms with van der Waals surface area (Å²) in [7, 11) is 3.28. The molecule has 16 heavy (non-hydrogen) atoms. The molecule has 0 aromatic rings. The van der Waals surface area contributed by atoms with Gasteiger partial charge >= 0.3 is 0 Å². The van der Waals surface area contributed by atoms with Crippen molar-refractivity contribution in [3.63, 3.8) is 0 Å². The highest BCUT2D eigenvalue weighted by molar-refractivity contribution is 14.0. The molecule has 0 saturated carbocycles. The topological polar surface area (TPSA) is 78.1 Å². The maximum Gasteiger partial charge on any atom is 0.188 e. The molecule has 98 valence electrons. The number of aliphatic imine (C=N–C) groups is 1. The van der Waals surface area contributed by atoms with Crippen molar-refractivity contribution in [2.75, 3.05) is 53.7 Å². The van der Waals surface area contributed by atoms with Gasteiger partial charge in [-0.2, -0.15) is 0 Å². The van der Waals surface area contributed by atoms with Gasteiger partial charge in [-0.3, -0.25) is 4.99 Å². The zero-order valence-electron chi connectivity index (χ0n) is 9.90. The molecular weight excluding hydrogens is 325 g/mol. The molecular formula is C9H22IN3O3. The van der Waals surface area contributed by atoms with Gasteiger partial charge in [0.2, 0.25) is 0 Å². The predicted octanol–water partition coefficient (Wildman–Crippen LogP) is -0.182. The van der Waals surface area contributed by atoms with E-state index in [0.717, 1.165) is 0 Å². The number of nitrogens with one attached hydrogen (secondary N) is 1. The molecule has 0 heterocycles. The zero-order chi connectivity index (χ0) is 11.4. The van der Waals surface area contributed by atoms with Crippen molar-refractivity contribution < 1.29 is 14.2 Å². The van der Waals surface area contributed by atoms with Crippen molar-refractivity contribution in [3.8, 4) is 0 Å².